The number of halogens is 1. The molecule has 3 nitrogen and oxygen atoms in total. The highest BCUT2D eigenvalue weighted by molar-refractivity contribution is 7.25. The van der Waals surface area contributed by atoms with Crippen LogP contribution in [0.2, 0.25) is 5.15 Å². The number of benzene rings is 1. The van der Waals surface area contributed by atoms with Gasteiger partial charge >= 0.3 is 0 Å². The summed E-state index contributed by atoms with van der Waals surface area (Å²) in [7, 11) is 0. The second-order valence-corrected chi connectivity index (χ2v) is 5.72. The molecule has 0 aliphatic rings. The predicted octanol–water partition coefficient (Wildman–Crippen LogP) is 4.56. The van der Waals surface area contributed by atoms with E-state index in [4.69, 9.17) is 16.6 Å². The highest BCUT2D eigenvalue weighted by Gasteiger charge is 2.11. The summed E-state index contributed by atoms with van der Waals surface area (Å²) in [5.74, 6) is 0. The van der Waals surface area contributed by atoms with Crippen LogP contribution in [0.3, 0.4) is 0 Å². The first kappa shape index (κ1) is 11.8. The molecule has 3 heterocycles. The normalized spacial score (nSPS) is 11.2. The molecule has 3 aromatic heterocycles. The van der Waals surface area contributed by atoms with E-state index < -0.39 is 0 Å². The maximum atomic E-state index is 6.12. The molecule has 0 saturated heterocycles. The van der Waals surface area contributed by atoms with Gasteiger partial charge in [-0.1, -0.05) is 41.9 Å². The van der Waals surface area contributed by atoms with Crippen LogP contribution in [0, 0.1) is 0 Å². The molecule has 0 bridgehead atoms. The van der Waals surface area contributed by atoms with Gasteiger partial charge in [0.05, 0.1) is 15.9 Å². The maximum Gasteiger partial charge on any atom is 0.150 e. The average Bonchev–Trinajstić information content (AvgIpc) is 2.87. The third kappa shape index (κ3) is 1.77. The molecule has 0 aliphatic carbocycles. The smallest absolute Gasteiger partial charge is 0.150 e. The fourth-order valence-electron chi connectivity index (χ4n) is 2.20. The Morgan fingerprint density at radius 1 is 0.950 bits per heavy atom. The minimum absolute atomic E-state index is 0.485. The molecular weight excluding hydrogens is 290 g/mol. The van der Waals surface area contributed by atoms with Crippen molar-refractivity contribution in [1.82, 2.24) is 15.0 Å². The molecule has 0 unspecified atom stereocenters. The Bertz CT molecular complexity index is 918. The van der Waals surface area contributed by atoms with Crippen LogP contribution < -0.4 is 0 Å². The highest BCUT2D eigenvalue weighted by atomic mass is 35.5. The standard InChI is InChI=1S/C15H8ClN3S/c16-14-13-12(17-8-18-14)10-6-7-11(19-15(10)20-13)9-4-2-1-3-5-9/h1-8H. The second kappa shape index (κ2) is 4.51. The molecule has 96 valence electrons. The van der Waals surface area contributed by atoms with Gasteiger partial charge in [-0.05, 0) is 12.1 Å². The molecule has 0 fully saturated rings. The van der Waals surface area contributed by atoms with Crippen molar-refractivity contribution in [2.24, 2.45) is 0 Å². The highest BCUT2D eigenvalue weighted by Crippen LogP contribution is 2.35. The molecule has 0 N–H and O–H groups in total. The van der Waals surface area contributed by atoms with Gasteiger partial charge in [-0.25, -0.2) is 15.0 Å². The van der Waals surface area contributed by atoms with Crippen LogP contribution in [-0.2, 0) is 0 Å². The van der Waals surface area contributed by atoms with Gasteiger partial charge in [0.15, 0.2) is 0 Å². The van der Waals surface area contributed by atoms with Gasteiger partial charge in [0.25, 0.3) is 0 Å². The van der Waals surface area contributed by atoms with E-state index in [1.165, 1.54) is 17.7 Å². The summed E-state index contributed by atoms with van der Waals surface area (Å²) in [5.41, 5.74) is 2.93. The van der Waals surface area contributed by atoms with Gasteiger partial charge in [-0.2, -0.15) is 0 Å². The van der Waals surface area contributed by atoms with Gasteiger partial charge < -0.3 is 0 Å². The van der Waals surface area contributed by atoms with Crippen molar-refractivity contribution in [2.75, 3.05) is 0 Å². The summed E-state index contributed by atoms with van der Waals surface area (Å²) < 4.78 is 0.891. The van der Waals surface area contributed by atoms with Crippen LogP contribution in [0.4, 0.5) is 0 Å². The van der Waals surface area contributed by atoms with Gasteiger partial charge in [-0.3, -0.25) is 0 Å². The number of aromatic nitrogens is 3. The summed E-state index contributed by atoms with van der Waals surface area (Å²) in [4.78, 5) is 14.0. The van der Waals surface area contributed by atoms with E-state index in [1.807, 2.05) is 42.5 Å². The topological polar surface area (TPSA) is 38.7 Å². The summed E-state index contributed by atoms with van der Waals surface area (Å²) in [5, 5.41) is 1.51. The van der Waals surface area contributed by atoms with Crippen LogP contribution in [0.15, 0.2) is 48.8 Å². The largest absolute Gasteiger partial charge is 0.237 e. The Labute approximate surface area is 123 Å². The number of thiophene rings is 1. The Hall–Kier alpha value is -2.04. The predicted molar refractivity (Wildman–Crippen MR) is 83.2 cm³/mol. The van der Waals surface area contributed by atoms with Crippen molar-refractivity contribution < 1.29 is 0 Å². The van der Waals surface area contributed by atoms with Crippen LogP contribution in [0.5, 0.6) is 0 Å². The van der Waals surface area contributed by atoms with E-state index in [2.05, 4.69) is 9.97 Å². The van der Waals surface area contributed by atoms with Gasteiger partial charge in [0, 0.05) is 10.9 Å². The number of hydrogen-bond acceptors (Lipinski definition) is 4. The van der Waals surface area contributed by atoms with Crippen LogP contribution in [-0.4, -0.2) is 15.0 Å². The second-order valence-electron chi connectivity index (χ2n) is 4.36. The van der Waals surface area contributed by atoms with Crippen LogP contribution in [0.1, 0.15) is 0 Å². The van der Waals surface area contributed by atoms with E-state index >= 15 is 0 Å². The quantitative estimate of drug-likeness (QED) is 0.483. The minimum Gasteiger partial charge on any atom is -0.237 e. The van der Waals surface area contributed by atoms with Crippen LogP contribution in [0.25, 0.3) is 31.7 Å². The zero-order valence-corrected chi connectivity index (χ0v) is 11.8. The minimum atomic E-state index is 0.485. The van der Waals surface area contributed by atoms with Crippen molar-refractivity contribution in [2.45, 2.75) is 0 Å². The molecule has 20 heavy (non-hydrogen) atoms. The van der Waals surface area contributed by atoms with E-state index in [-0.39, 0.29) is 0 Å². The fourth-order valence-corrected chi connectivity index (χ4v) is 3.46. The van der Waals surface area contributed by atoms with Crippen molar-refractivity contribution >= 4 is 43.4 Å². The van der Waals surface area contributed by atoms with Crippen LogP contribution >= 0.6 is 22.9 Å². The number of pyridine rings is 1. The van der Waals surface area contributed by atoms with Crippen molar-refractivity contribution in [1.29, 1.82) is 0 Å². The first-order valence-electron chi connectivity index (χ1n) is 6.08. The van der Waals surface area contributed by atoms with Crippen molar-refractivity contribution in [3.8, 4) is 11.3 Å². The third-order valence-corrected chi connectivity index (χ3v) is 4.64. The summed E-state index contributed by atoms with van der Waals surface area (Å²) in [6.07, 6.45) is 1.49. The molecule has 0 amide bonds. The first-order chi connectivity index (χ1) is 9.83. The van der Waals surface area contributed by atoms with Crippen molar-refractivity contribution in [3.05, 3.63) is 53.9 Å². The van der Waals surface area contributed by atoms with E-state index in [0.29, 0.717) is 5.15 Å². The molecule has 0 spiro atoms. The Kier molecular flexibility index (Phi) is 2.65. The zero-order chi connectivity index (χ0) is 13.5. The number of nitrogens with zero attached hydrogens (tertiary/aromatic N) is 3. The third-order valence-electron chi connectivity index (χ3n) is 3.14. The summed E-state index contributed by atoms with van der Waals surface area (Å²) in [6, 6.07) is 14.2. The molecule has 0 aliphatic heterocycles. The Morgan fingerprint density at radius 2 is 1.80 bits per heavy atom. The molecule has 5 heteroatoms. The molecule has 4 aromatic rings. The maximum absolute atomic E-state index is 6.12. The molecular formula is C15H8ClN3S. The monoisotopic (exact) mass is 297 g/mol. The SMILES string of the molecule is Clc1ncnc2c1sc1nc(-c3ccccc3)ccc12. The number of rotatable bonds is 1. The lowest BCUT2D eigenvalue weighted by Crippen LogP contribution is -1.82. The van der Waals surface area contributed by atoms with Gasteiger partial charge in [-0.15, -0.1) is 11.3 Å². The molecule has 1 aromatic carbocycles. The lowest BCUT2D eigenvalue weighted by Gasteiger charge is -1.99. The molecule has 0 radical (unpaired) electrons. The van der Waals surface area contributed by atoms with Gasteiger partial charge in [0.1, 0.15) is 16.3 Å². The average molecular weight is 298 g/mol. The van der Waals surface area contributed by atoms with E-state index in [1.54, 1.807) is 0 Å². The Morgan fingerprint density at radius 3 is 2.65 bits per heavy atom. The zero-order valence-electron chi connectivity index (χ0n) is 10.2. The number of hydrogen-bond donors (Lipinski definition) is 0. The van der Waals surface area contributed by atoms with Crippen molar-refractivity contribution in [3.63, 3.8) is 0 Å². The fraction of sp³-hybridized carbons (Fsp3) is 0. The summed E-state index contributed by atoms with van der Waals surface area (Å²) >= 11 is 7.65. The Balaban J connectivity index is 2.01. The summed E-state index contributed by atoms with van der Waals surface area (Å²) in [6.45, 7) is 0. The van der Waals surface area contributed by atoms with E-state index in [0.717, 1.165) is 31.7 Å². The molecule has 0 saturated carbocycles. The lowest BCUT2D eigenvalue weighted by atomic mass is 10.1. The number of fused-ring (bicyclic) bond motifs is 3. The first-order valence-corrected chi connectivity index (χ1v) is 7.27. The lowest BCUT2D eigenvalue weighted by molar-refractivity contribution is 1.23. The molecule has 4 rings (SSSR count). The van der Waals surface area contributed by atoms with E-state index in [9.17, 15) is 0 Å². The molecule has 0 atom stereocenters. The van der Waals surface area contributed by atoms with Gasteiger partial charge in [0.2, 0.25) is 0 Å².